The third kappa shape index (κ3) is 5.23. The molecule has 0 aliphatic carbocycles. The summed E-state index contributed by atoms with van der Waals surface area (Å²) in [6.45, 7) is 2.50. The molecule has 2 aliphatic heterocycles. The van der Waals surface area contributed by atoms with Crippen LogP contribution in [0, 0.1) is 0 Å². The number of hydrogen-bond acceptors (Lipinski definition) is 4. The molecular formula is C19H25F3N4O2. The smallest absolute Gasteiger partial charge is 0.366 e. The molecule has 0 unspecified atom stereocenters. The van der Waals surface area contributed by atoms with E-state index < -0.39 is 30.6 Å². The summed E-state index contributed by atoms with van der Waals surface area (Å²) in [5.41, 5.74) is 6.77. The normalized spacial score (nSPS) is 22.5. The second-order valence-electron chi connectivity index (χ2n) is 7.41. The number of benzene rings is 1. The molecule has 1 atom stereocenters. The van der Waals surface area contributed by atoms with Crippen LogP contribution in [0.4, 0.5) is 13.2 Å². The molecule has 0 aromatic heterocycles. The molecule has 1 aromatic carbocycles. The van der Waals surface area contributed by atoms with Crippen molar-refractivity contribution in [3.8, 4) is 0 Å². The highest BCUT2D eigenvalue weighted by molar-refractivity contribution is 5.92. The third-order valence-corrected chi connectivity index (χ3v) is 5.36. The van der Waals surface area contributed by atoms with E-state index in [-0.39, 0.29) is 6.54 Å². The fourth-order valence-corrected chi connectivity index (χ4v) is 3.90. The highest BCUT2D eigenvalue weighted by atomic mass is 19.4. The average molecular weight is 398 g/mol. The van der Waals surface area contributed by atoms with Crippen LogP contribution in [0.1, 0.15) is 28.8 Å². The first-order valence-electron chi connectivity index (χ1n) is 9.43. The van der Waals surface area contributed by atoms with Gasteiger partial charge in [-0.05, 0) is 30.5 Å². The SMILES string of the molecule is NC(=O)c1ccc(CN2CCN([C@H]3CCCN(CC(F)(F)F)C3=O)CC2)cc1. The Kier molecular flexibility index (Phi) is 6.24. The average Bonchev–Trinajstić information content (AvgIpc) is 2.64. The first kappa shape index (κ1) is 20.6. The quantitative estimate of drug-likeness (QED) is 0.815. The summed E-state index contributed by atoms with van der Waals surface area (Å²) < 4.78 is 38.0. The standard InChI is InChI=1S/C19H25F3N4O2/c20-19(21,22)13-26-7-1-2-16(18(26)28)25-10-8-24(9-11-25)12-14-3-5-15(6-4-14)17(23)27/h3-6,16H,1-2,7-13H2,(H2,23,27)/t16-/m0/s1. The van der Waals surface area contributed by atoms with Crippen molar-refractivity contribution in [1.82, 2.24) is 14.7 Å². The van der Waals surface area contributed by atoms with Crippen molar-refractivity contribution in [2.45, 2.75) is 31.6 Å². The van der Waals surface area contributed by atoms with Crippen LogP contribution < -0.4 is 5.73 Å². The van der Waals surface area contributed by atoms with E-state index in [0.717, 1.165) is 23.6 Å². The lowest BCUT2D eigenvalue weighted by molar-refractivity contribution is -0.168. The van der Waals surface area contributed by atoms with Crippen LogP contribution in [-0.2, 0) is 11.3 Å². The Hall–Kier alpha value is -2.13. The molecule has 0 spiro atoms. The summed E-state index contributed by atoms with van der Waals surface area (Å²) in [6.07, 6.45) is -3.15. The molecule has 2 N–H and O–H groups in total. The molecule has 2 heterocycles. The summed E-state index contributed by atoms with van der Waals surface area (Å²) in [5, 5.41) is 0. The van der Waals surface area contributed by atoms with E-state index in [1.807, 2.05) is 17.0 Å². The Morgan fingerprint density at radius 1 is 1.07 bits per heavy atom. The van der Waals surface area contributed by atoms with Crippen LogP contribution in [0.5, 0.6) is 0 Å². The lowest BCUT2D eigenvalue weighted by Crippen LogP contribution is -2.58. The fourth-order valence-electron chi connectivity index (χ4n) is 3.90. The molecule has 3 rings (SSSR count). The van der Waals surface area contributed by atoms with Gasteiger partial charge >= 0.3 is 6.18 Å². The molecular weight excluding hydrogens is 373 g/mol. The lowest BCUT2D eigenvalue weighted by atomic mass is 10.0. The molecule has 9 heteroatoms. The number of halogens is 3. The zero-order valence-corrected chi connectivity index (χ0v) is 15.6. The topological polar surface area (TPSA) is 69.9 Å². The summed E-state index contributed by atoms with van der Waals surface area (Å²) in [4.78, 5) is 28.8. The lowest BCUT2D eigenvalue weighted by Gasteiger charge is -2.42. The van der Waals surface area contributed by atoms with Crippen LogP contribution in [-0.4, -0.2) is 78.0 Å². The summed E-state index contributed by atoms with van der Waals surface area (Å²) >= 11 is 0. The van der Waals surface area contributed by atoms with Gasteiger partial charge in [-0.1, -0.05) is 12.1 Å². The minimum Gasteiger partial charge on any atom is -0.366 e. The van der Waals surface area contributed by atoms with Crippen molar-refractivity contribution in [3.05, 3.63) is 35.4 Å². The molecule has 2 fully saturated rings. The number of carbonyl (C=O) groups excluding carboxylic acids is 2. The Balaban J connectivity index is 1.51. The van der Waals surface area contributed by atoms with E-state index in [4.69, 9.17) is 5.73 Å². The van der Waals surface area contributed by atoms with E-state index in [0.29, 0.717) is 38.0 Å². The fraction of sp³-hybridized carbons (Fsp3) is 0.579. The Labute approximate surface area is 162 Å². The highest BCUT2D eigenvalue weighted by Gasteiger charge is 2.39. The van der Waals surface area contributed by atoms with Gasteiger partial charge in [0.05, 0.1) is 6.04 Å². The van der Waals surface area contributed by atoms with Crippen molar-refractivity contribution >= 4 is 11.8 Å². The van der Waals surface area contributed by atoms with Gasteiger partial charge in [0, 0.05) is 44.8 Å². The summed E-state index contributed by atoms with van der Waals surface area (Å²) in [6, 6.07) is 6.68. The molecule has 2 aliphatic rings. The van der Waals surface area contributed by atoms with Crippen LogP contribution in [0.2, 0.25) is 0 Å². The molecule has 1 aromatic rings. The number of alkyl halides is 3. The third-order valence-electron chi connectivity index (χ3n) is 5.36. The Bertz CT molecular complexity index is 700. The van der Waals surface area contributed by atoms with E-state index in [1.165, 1.54) is 0 Å². The second kappa shape index (κ2) is 8.48. The van der Waals surface area contributed by atoms with E-state index >= 15 is 0 Å². The molecule has 0 radical (unpaired) electrons. The largest absolute Gasteiger partial charge is 0.406 e. The maximum absolute atomic E-state index is 12.7. The summed E-state index contributed by atoms with van der Waals surface area (Å²) in [7, 11) is 0. The first-order chi connectivity index (χ1) is 13.2. The van der Waals surface area contributed by atoms with Crippen LogP contribution >= 0.6 is 0 Å². The van der Waals surface area contributed by atoms with Gasteiger partial charge in [-0.2, -0.15) is 13.2 Å². The number of piperazine rings is 1. The maximum Gasteiger partial charge on any atom is 0.406 e. The van der Waals surface area contributed by atoms with Gasteiger partial charge in [-0.3, -0.25) is 19.4 Å². The molecule has 0 bridgehead atoms. The molecule has 2 amide bonds. The van der Waals surface area contributed by atoms with E-state index in [9.17, 15) is 22.8 Å². The van der Waals surface area contributed by atoms with Gasteiger partial charge in [0.25, 0.3) is 0 Å². The number of piperidine rings is 1. The van der Waals surface area contributed by atoms with Gasteiger partial charge in [0.15, 0.2) is 0 Å². The number of carbonyl (C=O) groups is 2. The minimum atomic E-state index is -4.36. The van der Waals surface area contributed by atoms with Crippen molar-refractivity contribution in [2.75, 3.05) is 39.3 Å². The number of nitrogens with zero attached hydrogens (tertiary/aromatic N) is 3. The predicted octanol–water partition coefficient (Wildman–Crippen LogP) is 1.46. The van der Waals surface area contributed by atoms with Crippen molar-refractivity contribution < 1.29 is 22.8 Å². The maximum atomic E-state index is 12.7. The number of hydrogen-bond donors (Lipinski definition) is 1. The Morgan fingerprint density at radius 2 is 1.71 bits per heavy atom. The number of rotatable bonds is 5. The van der Waals surface area contributed by atoms with Gasteiger partial charge in [0.2, 0.25) is 11.8 Å². The molecule has 6 nitrogen and oxygen atoms in total. The zero-order valence-electron chi connectivity index (χ0n) is 15.6. The molecule has 154 valence electrons. The predicted molar refractivity (Wildman–Crippen MR) is 97.5 cm³/mol. The van der Waals surface area contributed by atoms with Gasteiger partial charge in [-0.15, -0.1) is 0 Å². The van der Waals surface area contributed by atoms with E-state index in [1.54, 1.807) is 12.1 Å². The number of primary amides is 1. The van der Waals surface area contributed by atoms with Gasteiger partial charge < -0.3 is 10.6 Å². The first-order valence-corrected chi connectivity index (χ1v) is 9.43. The number of likely N-dealkylation sites (tertiary alicyclic amines) is 1. The van der Waals surface area contributed by atoms with E-state index in [2.05, 4.69) is 4.90 Å². The minimum absolute atomic E-state index is 0.177. The molecule has 28 heavy (non-hydrogen) atoms. The molecule has 2 saturated heterocycles. The number of amides is 2. The van der Waals surface area contributed by atoms with Crippen LogP contribution in [0.15, 0.2) is 24.3 Å². The Morgan fingerprint density at radius 3 is 2.29 bits per heavy atom. The summed E-state index contributed by atoms with van der Waals surface area (Å²) in [5.74, 6) is -0.865. The van der Waals surface area contributed by atoms with Crippen LogP contribution in [0.25, 0.3) is 0 Å². The number of nitrogens with two attached hydrogens (primary N) is 1. The van der Waals surface area contributed by atoms with Crippen LogP contribution in [0.3, 0.4) is 0 Å². The highest BCUT2D eigenvalue weighted by Crippen LogP contribution is 2.24. The van der Waals surface area contributed by atoms with Gasteiger partial charge in [-0.25, -0.2) is 0 Å². The zero-order chi connectivity index (χ0) is 20.3. The van der Waals surface area contributed by atoms with Crippen molar-refractivity contribution in [1.29, 1.82) is 0 Å². The van der Waals surface area contributed by atoms with Crippen molar-refractivity contribution in [3.63, 3.8) is 0 Å². The van der Waals surface area contributed by atoms with Crippen molar-refractivity contribution in [2.24, 2.45) is 5.73 Å². The molecule has 0 saturated carbocycles. The van der Waals surface area contributed by atoms with Gasteiger partial charge in [0.1, 0.15) is 6.54 Å². The monoisotopic (exact) mass is 398 g/mol. The second-order valence-corrected chi connectivity index (χ2v) is 7.41.